The number of allylic oxidation sites excluding steroid dienone is 1. The van der Waals surface area contributed by atoms with Gasteiger partial charge in [-0.1, -0.05) is 30.3 Å². The zero-order valence-corrected chi connectivity index (χ0v) is 23.9. The van der Waals surface area contributed by atoms with Gasteiger partial charge in [0.1, 0.15) is 5.65 Å². The maximum Gasteiger partial charge on any atom is 0.261 e. The topological polar surface area (TPSA) is 118 Å². The highest BCUT2D eigenvalue weighted by atomic mass is 32.2. The minimum absolute atomic E-state index is 0.0316. The number of nitrogens with one attached hydrogen (secondary N) is 2. The lowest BCUT2D eigenvalue weighted by Crippen LogP contribution is -2.26. The van der Waals surface area contributed by atoms with Crippen molar-refractivity contribution in [1.29, 1.82) is 0 Å². The first-order valence-corrected chi connectivity index (χ1v) is 15.7. The van der Waals surface area contributed by atoms with Crippen LogP contribution in [0.2, 0.25) is 0 Å². The van der Waals surface area contributed by atoms with Crippen LogP contribution in [-0.2, 0) is 16.4 Å². The molecule has 0 radical (unpaired) electrons. The molecule has 2 aromatic heterocycles. The molecule has 41 heavy (non-hydrogen) atoms. The summed E-state index contributed by atoms with van der Waals surface area (Å²) in [6.45, 7) is 4.06. The Morgan fingerprint density at radius 1 is 1.07 bits per heavy atom. The number of nitrogens with zero attached hydrogens (tertiary/aromatic N) is 4. The molecular weight excluding hydrogens is 536 g/mol. The summed E-state index contributed by atoms with van der Waals surface area (Å²) in [5.74, 6) is 0.905. The van der Waals surface area contributed by atoms with Crippen molar-refractivity contribution in [1.82, 2.24) is 19.9 Å². The number of sulfone groups is 1. The summed E-state index contributed by atoms with van der Waals surface area (Å²) in [4.78, 5) is 27.9. The van der Waals surface area contributed by atoms with Crippen LogP contribution >= 0.6 is 0 Å². The van der Waals surface area contributed by atoms with Gasteiger partial charge in [0.25, 0.3) is 5.56 Å². The Labute approximate surface area is 239 Å². The number of rotatable bonds is 7. The monoisotopic (exact) mass is 568 g/mol. The molecule has 9 nitrogen and oxygen atoms in total. The van der Waals surface area contributed by atoms with Gasteiger partial charge in [-0.25, -0.2) is 13.4 Å². The molecule has 2 aliphatic heterocycles. The molecule has 0 atom stereocenters. The van der Waals surface area contributed by atoms with Gasteiger partial charge in [0, 0.05) is 36.2 Å². The van der Waals surface area contributed by atoms with E-state index in [9.17, 15) is 13.2 Å². The van der Waals surface area contributed by atoms with Gasteiger partial charge in [-0.3, -0.25) is 14.4 Å². The van der Waals surface area contributed by atoms with Crippen LogP contribution in [0.1, 0.15) is 48.8 Å². The molecule has 0 spiro atoms. The van der Waals surface area contributed by atoms with Crippen molar-refractivity contribution in [3.63, 3.8) is 0 Å². The second-order valence-corrected chi connectivity index (χ2v) is 12.7. The van der Waals surface area contributed by atoms with Gasteiger partial charge in [0.2, 0.25) is 5.95 Å². The average molecular weight is 569 g/mol. The summed E-state index contributed by atoms with van der Waals surface area (Å²) < 4.78 is 26.6. The molecule has 6 rings (SSSR count). The van der Waals surface area contributed by atoms with Crippen LogP contribution < -0.4 is 16.2 Å². The Hall–Kier alpha value is -4.15. The highest BCUT2D eigenvalue weighted by molar-refractivity contribution is 7.90. The molecule has 0 unspecified atom stereocenters. The van der Waals surface area contributed by atoms with E-state index in [4.69, 9.17) is 4.98 Å². The number of piperidine rings is 1. The molecule has 2 aromatic carbocycles. The number of anilines is 2. The molecule has 4 aromatic rings. The van der Waals surface area contributed by atoms with Gasteiger partial charge >= 0.3 is 0 Å². The SMILES string of the molecule is CC1=C(c2cc3cnc(Nc4ccc(C5CCNCC5)cc4)nc3n(Cc3ccccc3S(C)(=O)=O)c2=O)N=CC1. The zero-order valence-electron chi connectivity index (χ0n) is 23.1. The van der Waals surface area contributed by atoms with Crippen molar-refractivity contribution in [2.45, 2.75) is 43.5 Å². The second-order valence-electron chi connectivity index (χ2n) is 10.7. The van der Waals surface area contributed by atoms with E-state index in [2.05, 4.69) is 32.7 Å². The van der Waals surface area contributed by atoms with E-state index in [-0.39, 0.29) is 17.0 Å². The van der Waals surface area contributed by atoms with E-state index >= 15 is 0 Å². The number of hydrogen-bond acceptors (Lipinski definition) is 8. The third-order valence-corrected chi connectivity index (χ3v) is 8.98. The minimum Gasteiger partial charge on any atom is -0.324 e. The molecule has 2 N–H and O–H groups in total. The third-order valence-electron chi connectivity index (χ3n) is 7.78. The van der Waals surface area contributed by atoms with E-state index < -0.39 is 9.84 Å². The van der Waals surface area contributed by atoms with Crippen LogP contribution in [0.5, 0.6) is 0 Å². The molecule has 0 amide bonds. The lowest BCUT2D eigenvalue weighted by atomic mass is 9.90. The van der Waals surface area contributed by atoms with Crippen LogP contribution in [0, 0.1) is 0 Å². The molecule has 0 bridgehead atoms. The predicted molar refractivity (Wildman–Crippen MR) is 163 cm³/mol. The Morgan fingerprint density at radius 2 is 1.83 bits per heavy atom. The summed E-state index contributed by atoms with van der Waals surface area (Å²) in [5.41, 5.74) is 4.87. The fraction of sp³-hybridized carbons (Fsp3) is 0.290. The standard InChI is InChI=1S/C31H32N6O3S/c1-20-11-16-33-28(20)26-17-24-18-34-31(35-25-9-7-21(8-10-25)22-12-14-32-15-13-22)36-29(24)37(30(26)38)19-23-5-3-4-6-27(23)41(2,39)40/h3-10,16-18,22,32H,11-15,19H2,1-2H3,(H,34,35,36). The van der Waals surface area contributed by atoms with Crippen LogP contribution in [0.25, 0.3) is 16.7 Å². The first kappa shape index (κ1) is 27.0. The van der Waals surface area contributed by atoms with Gasteiger partial charge in [-0.2, -0.15) is 4.98 Å². The van der Waals surface area contributed by atoms with E-state index in [0.717, 1.165) is 37.2 Å². The molecule has 0 aliphatic carbocycles. The van der Waals surface area contributed by atoms with Crippen LogP contribution in [0.15, 0.2) is 81.0 Å². The first-order chi connectivity index (χ1) is 19.8. The fourth-order valence-electron chi connectivity index (χ4n) is 5.61. The summed E-state index contributed by atoms with van der Waals surface area (Å²) in [6, 6.07) is 16.8. The molecule has 210 valence electrons. The van der Waals surface area contributed by atoms with Gasteiger partial charge in [-0.15, -0.1) is 0 Å². The predicted octanol–water partition coefficient (Wildman–Crippen LogP) is 4.66. The van der Waals surface area contributed by atoms with Crippen molar-refractivity contribution >= 4 is 44.4 Å². The van der Waals surface area contributed by atoms with Crippen molar-refractivity contribution in [3.05, 3.63) is 93.4 Å². The van der Waals surface area contributed by atoms with Gasteiger partial charge in [-0.05, 0) is 79.7 Å². The van der Waals surface area contributed by atoms with Crippen molar-refractivity contribution in [2.75, 3.05) is 24.7 Å². The number of fused-ring (bicyclic) bond motifs is 1. The van der Waals surface area contributed by atoms with Crippen molar-refractivity contribution in [2.24, 2.45) is 4.99 Å². The number of aromatic nitrogens is 3. The number of aliphatic imine (C=N–C) groups is 1. The van der Waals surface area contributed by atoms with E-state index in [1.807, 2.05) is 19.1 Å². The van der Waals surface area contributed by atoms with Crippen LogP contribution in [0.4, 0.5) is 11.6 Å². The second kappa shape index (κ2) is 11.0. The highest BCUT2D eigenvalue weighted by Gasteiger charge is 2.21. The lowest BCUT2D eigenvalue weighted by molar-refractivity contribution is 0.460. The summed E-state index contributed by atoms with van der Waals surface area (Å²) >= 11 is 0. The Balaban J connectivity index is 1.42. The Bertz CT molecular complexity index is 1850. The van der Waals surface area contributed by atoms with Crippen LogP contribution in [-0.4, -0.2) is 48.5 Å². The smallest absolute Gasteiger partial charge is 0.261 e. The van der Waals surface area contributed by atoms with Gasteiger partial charge in [0.05, 0.1) is 22.7 Å². The largest absolute Gasteiger partial charge is 0.324 e. The molecule has 10 heteroatoms. The fourth-order valence-corrected chi connectivity index (χ4v) is 6.54. The van der Waals surface area contributed by atoms with Crippen molar-refractivity contribution < 1.29 is 8.42 Å². The van der Waals surface area contributed by atoms with E-state index in [1.165, 1.54) is 16.4 Å². The molecule has 4 heterocycles. The average Bonchev–Trinajstić information content (AvgIpc) is 3.40. The lowest BCUT2D eigenvalue weighted by Gasteiger charge is -2.23. The molecule has 2 aliphatic rings. The van der Waals surface area contributed by atoms with Crippen molar-refractivity contribution in [3.8, 4) is 0 Å². The molecule has 1 fully saturated rings. The minimum atomic E-state index is -3.51. The molecule has 1 saturated heterocycles. The number of pyridine rings is 1. The number of benzene rings is 2. The third kappa shape index (κ3) is 5.57. The van der Waals surface area contributed by atoms with Gasteiger partial charge < -0.3 is 10.6 Å². The summed E-state index contributed by atoms with van der Waals surface area (Å²) in [5, 5.41) is 7.33. The number of hydrogen-bond donors (Lipinski definition) is 2. The van der Waals surface area contributed by atoms with E-state index in [1.54, 1.807) is 42.7 Å². The highest BCUT2D eigenvalue weighted by Crippen LogP contribution is 2.29. The molecular formula is C31H32N6O3S. The molecule has 0 saturated carbocycles. The van der Waals surface area contributed by atoms with Crippen LogP contribution in [0.3, 0.4) is 0 Å². The Morgan fingerprint density at radius 3 is 2.54 bits per heavy atom. The zero-order chi connectivity index (χ0) is 28.6. The van der Waals surface area contributed by atoms with E-state index in [0.29, 0.717) is 46.1 Å². The maximum atomic E-state index is 14.0. The first-order valence-electron chi connectivity index (χ1n) is 13.8. The normalized spacial score (nSPS) is 16.0. The Kier molecular flexibility index (Phi) is 7.27. The summed E-state index contributed by atoms with van der Waals surface area (Å²) in [7, 11) is -3.51. The maximum absolute atomic E-state index is 14.0. The summed E-state index contributed by atoms with van der Waals surface area (Å²) in [6.07, 6.45) is 7.58. The van der Waals surface area contributed by atoms with Gasteiger partial charge in [0.15, 0.2) is 9.84 Å². The quantitative estimate of drug-likeness (QED) is 0.333.